The standard InChI is InChI=1S/C43H73N9O4/c1-43(2,3)36-14-16-38(17-15-36)50(5)35-41-45-40-13-8-7-12-39(40)42(46-41)44-19-11-20-49(4)24-26-53-28-30-55-32-33-56-31-29-54-27-25-52-34-37(47-48-52)18-23-51-21-9-6-10-22-51/h7-8,12-13,34,36,38H,6,9-11,14-33,35H2,1-5H3,(H,44,45,46). The van der Waals surface area contributed by atoms with Crippen molar-refractivity contribution in [1.82, 2.24) is 39.7 Å². The van der Waals surface area contributed by atoms with Crippen molar-refractivity contribution < 1.29 is 18.9 Å². The molecule has 1 saturated carbocycles. The lowest BCUT2D eigenvalue weighted by Crippen LogP contribution is -2.37. The van der Waals surface area contributed by atoms with Crippen LogP contribution in [0.4, 0.5) is 5.82 Å². The second kappa shape index (κ2) is 24.2. The summed E-state index contributed by atoms with van der Waals surface area (Å²) in [4.78, 5) is 17.3. The van der Waals surface area contributed by atoms with Crippen LogP contribution in [-0.4, -0.2) is 152 Å². The van der Waals surface area contributed by atoms with Gasteiger partial charge in [0.05, 0.1) is 77.2 Å². The maximum absolute atomic E-state index is 5.81. The molecule has 13 nitrogen and oxygen atoms in total. The quantitative estimate of drug-likeness (QED) is 0.0996. The lowest BCUT2D eigenvalue weighted by Gasteiger charge is -2.39. The van der Waals surface area contributed by atoms with Gasteiger partial charge in [0.15, 0.2) is 0 Å². The SMILES string of the molecule is CN(CCCNc1nc(CN(C)C2CCC(C(C)(C)C)CC2)nc2ccccc12)CCOCCOCCOCCOCCn1cc(CCN2CCCCC2)nn1. The number of likely N-dealkylation sites (tertiary alicyclic amines) is 1. The van der Waals surface area contributed by atoms with E-state index >= 15 is 0 Å². The number of benzene rings is 1. The molecule has 0 bridgehead atoms. The molecule has 1 N–H and O–H groups in total. The summed E-state index contributed by atoms with van der Waals surface area (Å²) in [6, 6.07) is 8.93. The van der Waals surface area contributed by atoms with E-state index in [-0.39, 0.29) is 0 Å². The summed E-state index contributed by atoms with van der Waals surface area (Å²) in [6.45, 7) is 19.5. The first-order valence-electron chi connectivity index (χ1n) is 21.6. The molecule has 5 rings (SSSR count). The Bertz CT molecular complexity index is 1500. The predicted octanol–water partition coefficient (Wildman–Crippen LogP) is 5.79. The first kappa shape index (κ1) is 44.3. The Morgan fingerprint density at radius 3 is 2.18 bits per heavy atom. The molecule has 2 fully saturated rings. The number of para-hydroxylation sites is 1. The molecule has 0 atom stereocenters. The molecule has 3 aromatic rings. The van der Waals surface area contributed by atoms with Crippen molar-refractivity contribution in [1.29, 1.82) is 0 Å². The molecule has 2 aromatic heterocycles. The summed E-state index contributed by atoms with van der Waals surface area (Å²) in [7, 11) is 4.39. The zero-order valence-corrected chi connectivity index (χ0v) is 35.4. The fourth-order valence-electron chi connectivity index (χ4n) is 7.89. The van der Waals surface area contributed by atoms with Gasteiger partial charge in [0.25, 0.3) is 0 Å². The molecular weight excluding hydrogens is 707 g/mol. The Balaban J connectivity index is 0.837. The van der Waals surface area contributed by atoms with Crippen molar-refractivity contribution in [3.8, 4) is 0 Å². The van der Waals surface area contributed by atoms with E-state index in [1.54, 1.807) is 0 Å². The van der Waals surface area contributed by atoms with Crippen molar-refractivity contribution in [3.63, 3.8) is 0 Å². The molecule has 2 aliphatic rings. The van der Waals surface area contributed by atoms with Crippen molar-refractivity contribution >= 4 is 16.7 Å². The van der Waals surface area contributed by atoms with E-state index in [1.807, 2.05) is 10.9 Å². The summed E-state index contributed by atoms with van der Waals surface area (Å²) < 4.78 is 24.7. The fourth-order valence-corrected chi connectivity index (χ4v) is 7.89. The van der Waals surface area contributed by atoms with E-state index in [0.29, 0.717) is 70.9 Å². The Morgan fingerprint density at radius 1 is 0.786 bits per heavy atom. The van der Waals surface area contributed by atoms with Crippen LogP contribution >= 0.6 is 0 Å². The number of nitrogens with zero attached hydrogens (tertiary/aromatic N) is 8. The minimum absolute atomic E-state index is 0.400. The second-order valence-corrected chi connectivity index (χ2v) is 17.0. The molecule has 0 amide bonds. The van der Waals surface area contributed by atoms with Crippen LogP contribution in [0.25, 0.3) is 10.9 Å². The van der Waals surface area contributed by atoms with E-state index in [9.17, 15) is 0 Å². The maximum atomic E-state index is 5.81. The number of nitrogens with one attached hydrogen (secondary N) is 1. The van der Waals surface area contributed by atoms with E-state index in [4.69, 9.17) is 28.9 Å². The van der Waals surface area contributed by atoms with Gasteiger partial charge in [0, 0.05) is 43.7 Å². The van der Waals surface area contributed by atoms with E-state index in [1.165, 1.54) is 58.0 Å². The van der Waals surface area contributed by atoms with Gasteiger partial charge in [-0.05, 0) is 102 Å². The zero-order chi connectivity index (χ0) is 39.4. The number of hydrogen-bond donors (Lipinski definition) is 1. The largest absolute Gasteiger partial charge is 0.378 e. The van der Waals surface area contributed by atoms with Gasteiger partial charge in [-0.15, -0.1) is 5.10 Å². The smallest absolute Gasteiger partial charge is 0.145 e. The Hall–Kier alpha value is -2.78. The van der Waals surface area contributed by atoms with Gasteiger partial charge in [0.2, 0.25) is 0 Å². The summed E-state index contributed by atoms with van der Waals surface area (Å²) in [5.41, 5.74) is 2.46. The number of ether oxygens (including phenoxy) is 4. The third kappa shape index (κ3) is 15.9. The Kier molecular flexibility index (Phi) is 19.2. The minimum atomic E-state index is 0.400. The summed E-state index contributed by atoms with van der Waals surface area (Å²) in [5.74, 6) is 2.65. The zero-order valence-electron chi connectivity index (χ0n) is 35.4. The number of hydrogen-bond acceptors (Lipinski definition) is 12. The van der Waals surface area contributed by atoms with Crippen LogP contribution in [0.3, 0.4) is 0 Å². The van der Waals surface area contributed by atoms with Crippen LogP contribution in [0.15, 0.2) is 30.5 Å². The molecule has 1 aliphatic carbocycles. The van der Waals surface area contributed by atoms with Gasteiger partial charge in [-0.25, -0.2) is 14.6 Å². The highest BCUT2D eigenvalue weighted by atomic mass is 16.6. The first-order valence-corrected chi connectivity index (χ1v) is 21.6. The third-order valence-electron chi connectivity index (χ3n) is 11.5. The first-order chi connectivity index (χ1) is 27.2. The monoisotopic (exact) mass is 780 g/mol. The number of fused-ring (bicyclic) bond motifs is 1. The summed E-state index contributed by atoms with van der Waals surface area (Å²) in [5, 5.41) is 13.3. The lowest BCUT2D eigenvalue weighted by molar-refractivity contribution is -0.00424. The van der Waals surface area contributed by atoms with Crippen LogP contribution in [-0.2, 0) is 38.5 Å². The number of likely N-dealkylation sites (N-methyl/N-ethyl adjacent to an activating group) is 1. The molecule has 1 aliphatic heterocycles. The molecule has 13 heteroatoms. The van der Waals surface area contributed by atoms with Crippen LogP contribution < -0.4 is 5.32 Å². The molecule has 0 unspecified atom stereocenters. The van der Waals surface area contributed by atoms with E-state index in [2.05, 4.69) is 89.5 Å². The van der Waals surface area contributed by atoms with Crippen molar-refractivity contribution in [2.75, 3.05) is 112 Å². The average molecular weight is 780 g/mol. The fraction of sp³-hybridized carbons (Fsp3) is 0.767. The molecular formula is C43H73N9O4. The van der Waals surface area contributed by atoms with Gasteiger partial charge in [-0.3, -0.25) is 4.90 Å². The minimum Gasteiger partial charge on any atom is -0.378 e. The molecule has 3 heterocycles. The third-order valence-corrected chi connectivity index (χ3v) is 11.5. The number of anilines is 1. The molecule has 1 saturated heterocycles. The van der Waals surface area contributed by atoms with Crippen molar-refractivity contribution in [3.05, 3.63) is 42.0 Å². The maximum Gasteiger partial charge on any atom is 0.145 e. The lowest BCUT2D eigenvalue weighted by atomic mass is 9.71. The van der Waals surface area contributed by atoms with E-state index < -0.39 is 0 Å². The number of piperidine rings is 1. The van der Waals surface area contributed by atoms with Crippen LogP contribution in [0.1, 0.15) is 83.7 Å². The van der Waals surface area contributed by atoms with Gasteiger partial charge < -0.3 is 34.1 Å². The molecule has 56 heavy (non-hydrogen) atoms. The summed E-state index contributed by atoms with van der Waals surface area (Å²) in [6.07, 6.45) is 13.1. The van der Waals surface area contributed by atoms with Crippen molar-refractivity contribution in [2.45, 2.75) is 97.7 Å². The molecule has 0 radical (unpaired) electrons. The summed E-state index contributed by atoms with van der Waals surface area (Å²) >= 11 is 0. The molecule has 314 valence electrons. The van der Waals surface area contributed by atoms with Crippen LogP contribution in [0, 0.1) is 11.3 Å². The number of rotatable bonds is 26. The second-order valence-electron chi connectivity index (χ2n) is 17.0. The highest BCUT2D eigenvalue weighted by Gasteiger charge is 2.31. The average Bonchev–Trinajstić information content (AvgIpc) is 3.66. The molecule has 1 aromatic carbocycles. The van der Waals surface area contributed by atoms with E-state index in [0.717, 1.165) is 79.7 Å². The highest BCUT2D eigenvalue weighted by molar-refractivity contribution is 5.88. The normalized spacial score (nSPS) is 18.4. The highest BCUT2D eigenvalue weighted by Crippen LogP contribution is 2.39. The molecule has 0 spiro atoms. The van der Waals surface area contributed by atoms with Gasteiger partial charge >= 0.3 is 0 Å². The van der Waals surface area contributed by atoms with Gasteiger partial charge in [-0.1, -0.05) is 44.5 Å². The predicted molar refractivity (Wildman–Crippen MR) is 224 cm³/mol. The Morgan fingerprint density at radius 2 is 1.46 bits per heavy atom. The Labute approximate surface area is 337 Å². The van der Waals surface area contributed by atoms with Crippen molar-refractivity contribution in [2.24, 2.45) is 11.3 Å². The topological polar surface area (TPSA) is 115 Å². The van der Waals surface area contributed by atoms with Gasteiger partial charge in [0.1, 0.15) is 11.6 Å². The number of aromatic nitrogens is 5. The van der Waals surface area contributed by atoms with Crippen LogP contribution in [0.5, 0.6) is 0 Å². The van der Waals surface area contributed by atoms with Crippen LogP contribution in [0.2, 0.25) is 0 Å². The van der Waals surface area contributed by atoms with Gasteiger partial charge in [-0.2, -0.15) is 0 Å².